The molecule has 0 aliphatic heterocycles. The smallest absolute Gasteiger partial charge is 0.239 e. The van der Waals surface area contributed by atoms with E-state index < -0.39 is 0 Å². The van der Waals surface area contributed by atoms with Crippen LogP contribution in [0.4, 0.5) is 10.2 Å². The summed E-state index contributed by atoms with van der Waals surface area (Å²) in [6.45, 7) is 1.90. The first-order valence-corrected chi connectivity index (χ1v) is 8.27. The van der Waals surface area contributed by atoms with Crippen molar-refractivity contribution in [3.05, 3.63) is 83.4 Å². The van der Waals surface area contributed by atoms with Crippen molar-refractivity contribution in [1.29, 1.82) is 0 Å². The molecule has 134 valence electrons. The molecule has 0 saturated carbocycles. The molecular weight excluding hydrogens is 333 g/mol. The van der Waals surface area contributed by atoms with Gasteiger partial charge in [-0.1, -0.05) is 47.6 Å². The highest BCUT2D eigenvalue weighted by Crippen LogP contribution is 2.27. The number of halogens is 1. The van der Waals surface area contributed by atoms with Crippen LogP contribution < -0.4 is 5.32 Å². The van der Waals surface area contributed by atoms with Crippen LogP contribution in [0.2, 0.25) is 0 Å². The van der Waals surface area contributed by atoms with Crippen LogP contribution in [-0.4, -0.2) is 29.6 Å². The van der Waals surface area contributed by atoms with Crippen LogP contribution >= 0.6 is 0 Å². The highest BCUT2D eigenvalue weighted by atomic mass is 19.1. The Morgan fingerprint density at radius 1 is 1.15 bits per heavy atom. The number of hydrogen-bond acceptors (Lipinski definition) is 4. The highest BCUT2D eigenvalue weighted by Gasteiger charge is 2.21. The SMILES string of the molecule is Cc1cc(NC(=O)CN(C)C(c2ccccc2)c2ccc(F)cc2)no1. The summed E-state index contributed by atoms with van der Waals surface area (Å²) >= 11 is 0. The van der Waals surface area contributed by atoms with E-state index in [0.717, 1.165) is 11.1 Å². The molecule has 0 fully saturated rings. The number of nitrogens with one attached hydrogen (secondary N) is 1. The molecular formula is C20H20FN3O2. The molecule has 3 aromatic rings. The van der Waals surface area contributed by atoms with Crippen LogP contribution in [0.1, 0.15) is 22.9 Å². The molecule has 5 nitrogen and oxygen atoms in total. The Kier molecular flexibility index (Phi) is 5.43. The van der Waals surface area contributed by atoms with Crippen LogP contribution in [0.15, 0.2) is 65.2 Å². The van der Waals surface area contributed by atoms with Gasteiger partial charge in [-0.15, -0.1) is 0 Å². The van der Waals surface area contributed by atoms with E-state index in [2.05, 4.69) is 10.5 Å². The third-order valence-electron chi connectivity index (χ3n) is 4.03. The highest BCUT2D eigenvalue weighted by molar-refractivity contribution is 5.91. The molecule has 1 unspecified atom stereocenters. The number of anilines is 1. The monoisotopic (exact) mass is 353 g/mol. The van der Waals surface area contributed by atoms with Crippen LogP contribution in [-0.2, 0) is 4.79 Å². The first-order valence-electron chi connectivity index (χ1n) is 8.27. The normalized spacial score (nSPS) is 12.2. The molecule has 2 aromatic carbocycles. The van der Waals surface area contributed by atoms with E-state index in [1.54, 1.807) is 25.1 Å². The van der Waals surface area contributed by atoms with E-state index in [0.29, 0.717) is 11.6 Å². The van der Waals surface area contributed by atoms with Crippen LogP contribution in [0.3, 0.4) is 0 Å². The Labute approximate surface area is 151 Å². The van der Waals surface area contributed by atoms with Crippen molar-refractivity contribution in [2.24, 2.45) is 0 Å². The van der Waals surface area contributed by atoms with Crippen LogP contribution in [0.25, 0.3) is 0 Å². The van der Waals surface area contributed by atoms with Crippen molar-refractivity contribution >= 4 is 11.7 Å². The second-order valence-corrected chi connectivity index (χ2v) is 6.15. The minimum Gasteiger partial charge on any atom is -0.360 e. The van der Waals surface area contributed by atoms with Crippen molar-refractivity contribution in [3.63, 3.8) is 0 Å². The topological polar surface area (TPSA) is 58.4 Å². The number of hydrogen-bond donors (Lipinski definition) is 1. The predicted molar refractivity (Wildman–Crippen MR) is 97.2 cm³/mol. The fourth-order valence-corrected chi connectivity index (χ4v) is 2.91. The standard InChI is InChI=1S/C20H20FN3O2/c1-14-12-18(23-26-14)22-19(25)13-24(2)20(15-6-4-3-5-7-15)16-8-10-17(21)11-9-16/h3-12,20H,13H2,1-2H3,(H,22,23,25). The zero-order chi connectivity index (χ0) is 18.5. The summed E-state index contributed by atoms with van der Waals surface area (Å²) in [5.41, 5.74) is 1.93. The van der Waals surface area contributed by atoms with Gasteiger partial charge in [0.1, 0.15) is 11.6 Å². The summed E-state index contributed by atoms with van der Waals surface area (Å²) in [5.74, 6) is 0.521. The third kappa shape index (κ3) is 4.34. The number of amides is 1. The molecule has 0 aliphatic rings. The van der Waals surface area contributed by atoms with Crippen molar-refractivity contribution < 1.29 is 13.7 Å². The molecule has 0 spiro atoms. The average Bonchev–Trinajstić information content (AvgIpc) is 3.02. The lowest BCUT2D eigenvalue weighted by Crippen LogP contribution is -2.34. The summed E-state index contributed by atoms with van der Waals surface area (Å²) in [6.07, 6.45) is 0. The molecule has 1 amide bonds. The molecule has 1 atom stereocenters. The average molecular weight is 353 g/mol. The first-order chi connectivity index (χ1) is 12.5. The second kappa shape index (κ2) is 7.93. The van der Waals surface area contributed by atoms with Gasteiger partial charge >= 0.3 is 0 Å². The number of rotatable bonds is 6. The Morgan fingerprint density at radius 2 is 1.81 bits per heavy atom. The van der Waals surface area contributed by atoms with Crippen LogP contribution in [0.5, 0.6) is 0 Å². The maximum absolute atomic E-state index is 13.3. The third-order valence-corrected chi connectivity index (χ3v) is 4.03. The fraction of sp³-hybridized carbons (Fsp3) is 0.200. The second-order valence-electron chi connectivity index (χ2n) is 6.15. The number of carbonyl (C=O) groups excluding carboxylic acids is 1. The zero-order valence-corrected chi connectivity index (χ0v) is 14.6. The lowest BCUT2D eigenvalue weighted by atomic mass is 9.97. The molecule has 0 saturated heterocycles. The Hall–Kier alpha value is -2.99. The molecule has 3 rings (SSSR count). The maximum Gasteiger partial charge on any atom is 0.239 e. The zero-order valence-electron chi connectivity index (χ0n) is 14.6. The number of carbonyl (C=O) groups is 1. The molecule has 0 aliphatic carbocycles. The van der Waals surface area contributed by atoms with E-state index in [4.69, 9.17) is 4.52 Å². The number of benzene rings is 2. The van der Waals surface area contributed by atoms with Gasteiger partial charge in [0.25, 0.3) is 0 Å². The van der Waals surface area contributed by atoms with E-state index in [1.165, 1.54) is 12.1 Å². The molecule has 0 radical (unpaired) electrons. The minimum absolute atomic E-state index is 0.142. The van der Waals surface area contributed by atoms with Crippen molar-refractivity contribution in [2.75, 3.05) is 18.9 Å². The summed E-state index contributed by atoms with van der Waals surface area (Å²) in [7, 11) is 1.86. The van der Waals surface area contributed by atoms with Gasteiger partial charge in [0.2, 0.25) is 5.91 Å². The van der Waals surface area contributed by atoms with E-state index in [9.17, 15) is 9.18 Å². The first kappa shape index (κ1) is 17.8. The van der Waals surface area contributed by atoms with Gasteiger partial charge in [-0.25, -0.2) is 4.39 Å². The Bertz CT molecular complexity index is 862. The lowest BCUT2D eigenvalue weighted by molar-refractivity contribution is -0.117. The lowest BCUT2D eigenvalue weighted by Gasteiger charge is -2.28. The summed E-state index contributed by atoms with van der Waals surface area (Å²) in [5, 5.41) is 6.48. The van der Waals surface area contributed by atoms with Crippen molar-refractivity contribution in [3.8, 4) is 0 Å². The Morgan fingerprint density at radius 3 is 2.42 bits per heavy atom. The van der Waals surface area contributed by atoms with E-state index >= 15 is 0 Å². The van der Waals surface area contributed by atoms with Gasteiger partial charge in [0.15, 0.2) is 5.82 Å². The van der Waals surface area contributed by atoms with Gasteiger partial charge < -0.3 is 9.84 Å². The molecule has 1 aromatic heterocycles. The largest absolute Gasteiger partial charge is 0.360 e. The van der Waals surface area contributed by atoms with Crippen molar-refractivity contribution in [1.82, 2.24) is 10.1 Å². The molecule has 1 heterocycles. The summed E-state index contributed by atoms with van der Waals surface area (Å²) < 4.78 is 18.3. The number of aromatic nitrogens is 1. The molecule has 0 bridgehead atoms. The van der Waals surface area contributed by atoms with Gasteiger partial charge in [0.05, 0.1) is 12.6 Å². The maximum atomic E-state index is 13.3. The number of nitrogens with zero attached hydrogens (tertiary/aromatic N) is 2. The Balaban J connectivity index is 1.79. The van der Waals surface area contributed by atoms with Gasteiger partial charge in [0, 0.05) is 6.07 Å². The number of likely N-dealkylation sites (N-methyl/N-ethyl adjacent to an activating group) is 1. The molecule has 1 N–H and O–H groups in total. The predicted octanol–water partition coefficient (Wildman–Crippen LogP) is 3.78. The van der Waals surface area contributed by atoms with E-state index in [-0.39, 0.29) is 24.3 Å². The van der Waals surface area contributed by atoms with Crippen LogP contribution in [0, 0.1) is 12.7 Å². The van der Waals surface area contributed by atoms with Gasteiger partial charge in [-0.3, -0.25) is 9.69 Å². The van der Waals surface area contributed by atoms with Gasteiger partial charge in [-0.2, -0.15) is 0 Å². The number of aryl methyl sites for hydroxylation is 1. The summed E-state index contributed by atoms with van der Waals surface area (Å²) in [4.78, 5) is 14.3. The van der Waals surface area contributed by atoms with Gasteiger partial charge in [-0.05, 0) is 37.2 Å². The molecule has 6 heteroatoms. The van der Waals surface area contributed by atoms with E-state index in [1.807, 2.05) is 42.3 Å². The molecule has 26 heavy (non-hydrogen) atoms. The minimum atomic E-state index is -0.289. The summed E-state index contributed by atoms with van der Waals surface area (Å²) in [6, 6.07) is 17.6. The fourth-order valence-electron chi connectivity index (χ4n) is 2.91. The quantitative estimate of drug-likeness (QED) is 0.733. The van der Waals surface area contributed by atoms with Crippen molar-refractivity contribution in [2.45, 2.75) is 13.0 Å².